The Morgan fingerprint density at radius 3 is 2.37 bits per heavy atom. The molecule has 0 bridgehead atoms. The standard InChI is InChI=1S/C24H22N4O2/c1-16-13-17(2)26-24(30)20(16)14-25-23(29)21-15-28(19-11-7-4-8-12-19)27-22(21)18-9-5-3-6-10-18/h3-13,15H,14H2,1-2H3,(H,25,29)(H,26,30). The summed E-state index contributed by atoms with van der Waals surface area (Å²) in [6.07, 6.45) is 1.72. The lowest BCUT2D eigenvalue weighted by Gasteiger charge is -2.08. The van der Waals surface area contributed by atoms with E-state index in [9.17, 15) is 9.59 Å². The lowest BCUT2D eigenvalue weighted by Crippen LogP contribution is -2.28. The smallest absolute Gasteiger partial charge is 0.255 e. The van der Waals surface area contributed by atoms with Crippen LogP contribution in [0.25, 0.3) is 16.9 Å². The van der Waals surface area contributed by atoms with Crippen molar-refractivity contribution in [3.8, 4) is 16.9 Å². The molecule has 0 atom stereocenters. The molecule has 30 heavy (non-hydrogen) atoms. The van der Waals surface area contributed by atoms with Crippen molar-refractivity contribution in [1.29, 1.82) is 0 Å². The van der Waals surface area contributed by atoms with Crippen molar-refractivity contribution in [2.75, 3.05) is 0 Å². The number of rotatable bonds is 5. The minimum Gasteiger partial charge on any atom is -0.348 e. The van der Waals surface area contributed by atoms with Gasteiger partial charge in [-0.3, -0.25) is 9.59 Å². The third-order valence-corrected chi connectivity index (χ3v) is 4.95. The number of carbonyl (C=O) groups excluding carboxylic acids is 1. The molecule has 6 nitrogen and oxygen atoms in total. The number of hydrogen-bond acceptors (Lipinski definition) is 3. The molecule has 2 aromatic heterocycles. The highest BCUT2D eigenvalue weighted by atomic mass is 16.2. The number of amides is 1. The van der Waals surface area contributed by atoms with Gasteiger partial charge in [0, 0.05) is 29.6 Å². The third-order valence-electron chi connectivity index (χ3n) is 4.95. The summed E-state index contributed by atoms with van der Waals surface area (Å²) in [5.74, 6) is -0.282. The van der Waals surface area contributed by atoms with E-state index in [-0.39, 0.29) is 18.0 Å². The van der Waals surface area contributed by atoms with Gasteiger partial charge in [0.2, 0.25) is 0 Å². The maximum absolute atomic E-state index is 13.1. The molecule has 2 heterocycles. The van der Waals surface area contributed by atoms with Crippen LogP contribution in [0.5, 0.6) is 0 Å². The molecule has 0 radical (unpaired) electrons. The second kappa shape index (κ2) is 8.21. The van der Waals surface area contributed by atoms with Crippen LogP contribution < -0.4 is 10.9 Å². The number of aromatic nitrogens is 3. The zero-order valence-electron chi connectivity index (χ0n) is 16.8. The molecule has 4 aromatic rings. The Kier molecular flexibility index (Phi) is 5.30. The van der Waals surface area contributed by atoms with Gasteiger partial charge in [0.15, 0.2) is 0 Å². The number of carbonyl (C=O) groups is 1. The van der Waals surface area contributed by atoms with Crippen molar-refractivity contribution in [1.82, 2.24) is 20.1 Å². The molecular weight excluding hydrogens is 376 g/mol. The topological polar surface area (TPSA) is 79.8 Å². The average molecular weight is 398 g/mol. The van der Waals surface area contributed by atoms with Gasteiger partial charge in [-0.15, -0.1) is 0 Å². The van der Waals surface area contributed by atoms with Crippen molar-refractivity contribution in [2.24, 2.45) is 0 Å². The molecule has 2 aromatic carbocycles. The van der Waals surface area contributed by atoms with Gasteiger partial charge >= 0.3 is 0 Å². The van der Waals surface area contributed by atoms with Crippen LogP contribution in [0, 0.1) is 13.8 Å². The van der Waals surface area contributed by atoms with Crippen LogP contribution in [-0.4, -0.2) is 20.7 Å². The predicted molar refractivity (Wildman–Crippen MR) is 117 cm³/mol. The molecule has 0 fully saturated rings. The minimum atomic E-state index is -0.282. The number of hydrogen-bond donors (Lipinski definition) is 2. The molecule has 0 saturated heterocycles. The highest BCUT2D eigenvalue weighted by molar-refractivity contribution is 5.99. The lowest BCUT2D eigenvalue weighted by atomic mass is 10.1. The Labute approximate surface area is 174 Å². The highest BCUT2D eigenvalue weighted by Crippen LogP contribution is 2.23. The van der Waals surface area contributed by atoms with E-state index >= 15 is 0 Å². The third kappa shape index (κ3) is 3.93. The normalized spacial score (nSPS) is 10.7. The maximum Gasteiger partial charge on any atom is 0.255 e. The second-order valence-corrected chi connectivity index (χ2v) is 7.16. The fourth-order valence-electron chi connectivity index (χ4n) is 3.43. The van der Waals surface area contributed by atoms with E-state index in [1.165, 1.54) is 0 Å². The van der Waals surface area contributed by atoms with E-state index in [1.54, 1.807) is 10.9 Å². The van der Waals surface area contributed by atoms with Gasteiger partial charge in [-0.2, -0.15) is 5.10 Å². The van der Waals surface area contributed by atoms with Crippen LogP contribution in [0.4, 0.5) is 0 Å². The molecule has 0 aliphatic rings. The first kappa shape index (κ1) is 19.4. The number of aromatic amines is 1. The van der Waals surface area contributed by atoms with Crippen LogP contribution in [-0.2, 0) is 6.54 Å². The van der Waals surface area contributed by atoms with Gasteiger partial charge in [0.1, 0.15) is 5.69 Å². The van der Waals surface area contributed by atoms with E-state index in [1.807, 2.05) is 80.6 Å². The highest BCUT2D eigenvalue weighted by Gasteiger charge is 2.19. The molecule has 0 unspecified atom stereocenters. The van der Waals surface area contributed by atoms with Crippen LogP contribution in [0.3, 0.4) is 0 Å². The molecular formula is C24H22N4O2. The molecule has 4 rings (SSSR count). The fraction of sp³-hybridized carbons (Fsp3) is 0.125. The van der Waals surface area contributed by atoms with Crippen molar-refractivity contribution < 1.29 is 4.79 Å². The number of aryl methyl sites for hydroxylation is 2. The van der Waals surface area contributed by atoms with Crippen LogP contribution in [0.1, 0.15) is 27.2 Å². The van der Waals surface area contributed by atoms with Crippen molar-refractivity contribution >= 4 is 5.91 Å². The van der Waals surface area contributed by atoms with E-state index in [0.29, 0.717) is 16.8 Å². The van der Waals surface area contributed by atoms with Crippen LogP contribution >= 0.6 is 0 Å². The van der Waals surface area contributed by atoms with E-state index in [0.717, 1.165) is 22.5 Å². The molecule has 1 amide bonds. The van der Waals surface area contributed by atoms with E-state index in [2.05, 4.69) is 15.4 Å². The van der Waals surface area contributed by atoms with Crippen LogP contribution in [0.2, 0.25) is 0 Å². The summed E-state index contributed by atoms with van der Waals surface area (Å²) in [4.78, 5) is 28.1. The Morgan fingerprint density at radius 2 is 1.70 bits per heavy atom. The molecule has 6 heteroatoms. The molecule has 0 aliphatic carbocycles. The molecule has 0 saturated carbocycles. The predicted octanol–water partition coefficient (Wildman–Crippen LogP) is 3.77. The molecule has 0 aliphatic heterocycles. The first-order chi connectivity index (χ1) is 14.5. The van der Waals surface area contributed by atoms with Gasteiger partial charge in [0.05, 0.1) is 11.3 Å². The summed E-state index contributed by atoms with van der Waals surface area (Å²) in [5, 5.41) is 7.54. The van der Waals surface area contributed by atoms with E-state index < -0.39 is 0 Å². The zero-order valence-corrected chi connectivity index (χ0v) is 16.8. The Morgan fingerprint density at radius 1 is 1.03 bits per heavy atom. The number of nitrogens with one attached hydrogen (secondary N) is 2. The summed E-state index contributed by atoms with van der Waals surface area (Å²) in [6, 6.07) is 21.1. The minimum absolute atomic E-state index is 0.144. The molecule has 2 N–H and O–H groups in total. The number of benzene rings is 2. The monoisotopic (exact) mass is 398 g/mol. The SMILES string of the molecule is Cc1cc(C)c(CNC(=O)c2cn(-c3ccccc3)nc2-c2ccccc2)c(=O)[nH]1. The summed E-state index contributed by atoms with van der Waals surface area (Å²) >= 11 is 0. The van der Waals surface area contributed by atoms with Crippen molar-refractivity contribution in [3.63, 3.8) is 0 Å². The number of H-pyrrole nitrogens is 1. The lowest BCUT2D eigenvalue weighted by molar-refractivity contribution is 0.0951. The van der Waals surface area contributed by atoms with Gasteiger partial charge in [-0.05, 0) is 37.6 Å². The van der Waals surface area contributed by atoms with Gasteiger partial charge < -0.3 is 10.3 Å². The summed E-state index contributed by atoms with van der Waals surface area (Å²) in [7, 11) is 0. The zero-order chi connectivity index (χ0) is 21.1. The first-order valence-corrected chi connectivity index (χ1v) is 9.71. The molecule has 0 spiro atoms. The Bertz CT molecular complexity index is 1240. The maximum atomic E-state index is 13.1. The average Bonchev–Trinajstić information content (AvgIpc) is 3.20. The largest absolute Gasteiger partial charge is 0.348 e. The fourth-order valence-corrected chi connectivity index (χ4v) is 3.43. The molecule has 150 valence electrons. The second-order valence-electron chi connectivity index (χ2n) is 7.16. The summed E-state index contributed by atoms with van der Waals surface area (Å²) in [6.45, 7) is 3.85. The van der Waals surface area contributed by atoms with Gasteiger partial charge in [-0.25, -0.2) is 4.68 Å². The summed E-state index contributed by atoms with van der Waals surface area (Å²) < 4.78 is 1.70. The quantitative estimate of drug-likeness (QED) is 0.537. The van der Waals surface area contributed by atoms with Gasteiger partial charge in [0.25, 0.3) is 11.5 Å². The first-order valence-electron chi connectivity index (χ1n) is 9.71. The Balaban J connectivity index is 1.68. The summed E-state index contributed by atoms with van der Waals surface area (Å²) in [5.41, 5.74) is 4.75. The number of pyridine rings is 1. The van der Waals surface area contributed by atoms with Crippen molar-refractivity contribution in [3.05, 3.63) is 106 Å². The Hall–Kier alpha value is -3.93. The van der Waals surface area contributed by atoms with Crippen molar-refractivity contribution in [2.45, 2.75) is 20.4 Å². The number of para-hydroxylation sites is 1. The number of nitrogens with zero attached hydrogens (tertiary/aromatic N) is 2. The van der Waals surface area contributed by atoms with Crippen LogP contribution in [0.15, 0.2) is 77.7 Å². The van der Waals surface area contributed by atoms with Gasteiger partial charge in [-0.1, -0.05) is 48.5 Å². The van der Waals surface area contributed by atoms with E-state index in [4.69, 9.17) is 0 Å².